The van der Waals surface area contributed by atoms with Crippen molar-refractivity contribution in [2.75, 3.05) is 5.01 Å². The van der Waals surface area contributed by atoms with Gasteiger partial charge in [-0.2, -0.15) is 10.1 Å². The van der Waals surface area contributed by atoms with E-state index in [-0.39, 0.29) is 18.2 Å². The van der Waals surface area contributed by atoms with Crippen LogP contribution in [-0.2, 0) is 11.4 Å². The van der Waals surface area contributed by atoms with Crippen LogP contribution >= 0.6 is 31.9 Å². The van der Waals surface area contributed by atoms with Gasteiger partial charge in [0.05, 0.1) is 20.7 Å². The molecule has 0 atom stereocenters. The van der Waals surface area contributed by atoms with Crippen molar-refractivity contribution in [2.24, 2.45) is 5.10 Å². The molecule has 0 saturated heterocycles. The van der Waals surface area contributed by atoms with Gasteiger partial charge in [-0.05, 0) is 64.0 Å². The van der Waals surface area contributed by atoms with Crippen molar-refractivity contribution in [3.8, 4) is 5.75 Å². The van der Waals surface area contributed by atoms with Crippen molar-refractivity contribution in [3.63, 3.8) is 0 Å². The zero-order chi connectivity index (χ0) is 26.6. The third-order valence-corrected chi connectivity index (χ3v) is 6.84. The van der Waals surface area contributed by atoms with E-state index in [1.807, 2.05) is 72.8 Å². The quantitative estimate of drug-likeness (QED) is 0.120. The maximum atomic E-state index is 13.7. The first-order valence-corrected chi connectivity index (χ1v) is 13.1. The Morgan fingerprint density at radius 1 is 0.921 bits per heavy atom. The first kappa shape index (κ1) is 25.6. The van der Waals surface area contributed by atoms with Crippen molar-refractivity contribution in [1.29, 1.82) is 0 Å². The van der Waals surface area contributed by atoms with Gasteiger partial charge in [0.25, 0.3) is 11.6 Å². The van der Waals surface area contributed by atoms with Gasteiger partial charge < -0.3 is 4.74 Å². The smallest absolute Gasteiger partial charge is 0.281 e. The van der Waals surface area contributed by atoms with Gasteiger partial charge in [0, 0.05) is 27.7 Å². The highest BCUT2D eigenvalue weighted by Gasteiger charge is 2.32. The third kappa shape index (κ3) is 5.44. The largest absolute Gasteiger partial charge is 0.487 e. The molecule has 0 spiro atoms. The van der Waals surface area contributed by atoms with Crippen LogP contribution in [0.3, 0.4) is 0 Å². The van der Waals surface area contributed by atoms with Crippen LogP contribution < -0.4 is 9.75 Å². The summed E-state index contributed by atoms with van der Waals surface area (Å²) < 4.78 is 7.64. The van der Waals surface area contributed by atoms with Gasteiger partial charge in [0.15, 0.2) is 0 Å². The number of carbonyl (C=O) groups is 1. The number of hydrazone groups is 1. The summed E-state index contributed by atoms with van der Waals surface area (Å²) >= 11 is 7.11. The van der Waals surface area contributed by atoms with E-state index in [4.69, 9.17) is 9.84 Å². The lowest BCUT2D eigenvalue weighted by Gasteiger charge is -2.14. The van der Waals surface area contributed by atoms with E-state index < -0.39 is 4.92 Å². The average molecular weight is 633 g/mol. The van der Waals surface area contributed by atoms with Crippen LogP contribution in [0.4, 0.5) is 11.4 Å². The summed E-state index contributed by atoms with van der Waals surface area (Å²) in [6.07, 6.45) is 1.78. The number of hydrogen-bond donors (Lipinski definition) is 0. The number of nitro benzene ring substituents is 1. The first-order chi connectivity index (χ1) is 18.4. The number of rotatable bonds is 7. The van der Waals surface area contributed by atoms with Crippen molar-refractivity contribution >= 4 is 60.9 Å². The molecular formula is C29H19Br2N3O4. The molecule has 5 rings (SSSR count). The molecule has 4 aromatic carbocycles. The van der Waals surface area contributed by atoms with Crippen LogP contribution in [0.15, 0.2) is 117 Å². The number of hydrogen-bond acceptors (Lipinski definition) is 5. The number of para-hydroxylation sites is 1. The van der Waals surface area contributed by atoms with E-state index in [0.29, 0.717) is 32.8 Å². The molecule has 1 heterocycles. The lowest BCUT2D eigenvalue weighted by molar-refractivity contribution is -0.384. The number of anilines is 1. The molecular weight excluding hydrogens is 614 g/mol. The molecule has 38 heavy (non-hydrogen) atoms. The van der Waals surface area contributed by atoms with Crippen LogP contribution in [0, 0.1) is 10.1 Å². The molecule has 0 radical (unpaired) electrons. The Bertz CT molecular complexity index is 1570. The normalized spacial score (nSPS) is 14.1. The molecule has 1 aliphatic heterocycles. The van der Waals surface area contributed by atoms with Crippen LogP contribution in [0.2, 0.25) is 0 Å². The summed E-state index contributed by atoms with van der Waals surface area (Å²) in [6.45, 7) is 0.179. The van der Waals surface area contributed by atoms with Crippen molar-refractivity contribution < 1.29 is 14.5 Å². The highest BCUT2D eigenvalue weighted by molar-refractivity contribution is 9.11. The van der Waals surface area contributed by atoms with Crippen LogP contribution in [-0.4, -0.2) is 16.5 Å². The Kier molecular flexibility index (Phi) is 7.48. The van der Waals surface area contributed by atoms with Gasteiger partial charge in [0.1, 0.15) is 18.1 Å². The van der Waals surface area contributed by atoms with E-state index in [0.717, 1.165) is 15.6 Å². The molecule has 7 nitrogen and oxygen atoms in total. The van der Waals surface area contributed by atoms with Gasteiger partial charge in [0.2, 0.25) is 0 Å². The minimum absolute atomic E-state index is 0.0134. The Morgan fingerprint density at radius 2 is 1.58 bits per heavy atom. The number of nitrogens with zero attached hydrogens (tertiary/aromatic N) is 3. The summed E-state index contributed by atoms with van der Waals surface area (Å²) in [4.78, 5) is 24.2. The fourth-order valence-electron chi connectivity index (χ4n) is 3.96. The molecule has 0 bridgehead atoms. The Labute approximate surface area is 235 Å². The number of halogens is 2. The number of benzene rings is 4. The molecule has 0 aromatic heterocycles. The van der Waals surface area contributed by atoms with Crippen LogP contribution in [0.1, 0.15) is 16.7 Å². The molecule has 4 aromatic rings. The number of ether oxygens (including phenoxy) is 1. The molecule has 0 fully saturated rings. The summed E-state index contributed by atoms with van der Waals surface area (Å²) in [5, 5.41) is 17.1. The number of amides is 1. The van der Waals surface area contributed by atoms with Crippen molar-refractivity contribution in [1.82, 2.24) is 0 Å². The Morgan fingerprint density at radius 3 is 2.24 bits per heavy atom. The standard InChI is InChI=1S/C29H19Br2N3O4/c30-22-15-21(28(26(31)17-22)38-18-19-11-13-24(14-12-19)34(36)37)16-25-27(20-7-3-1-4-8-20)32-33(29(25)35)23-9-5-2-6-10-23/h1-17H,18H2/b25-16-. The van der Waals surface area contributed by atoms with E-state index in [9.17, 15) is 14.9 Å². The molecule has 0 unspecified atom stereocenters. The molecule has 0 N–H and O–H groups in total. The molecule has 9 heteroatoms. The summed E-state index contributed by atoms with van der Waals surface area (Å²) in [7, 11) is 0. The molecule has 0 aliphatic carbocycles. The summed E-state index contributed by atoms with van der Waals surface area (Å²) in [6, 6.07) is 28.7. The van der Waals surface area contributed by atoms with Crippen LogP contribution in [0.25, 0.3) is 6.08 Å². The topological polar surface area (TPSA) is 85.0 Å². The van der Waals surface area contributed by atoms with E-state index >= 15 is 0 Å². The predicted octanol–water partition coefficient (Wildman–Crippen LogP) is 7.53. The van der Waals surface area contributed by atoms with E-state index in [2.05, 4.69) is 31.9 Å². The maximum absolute atomic E-state index is 13.7. The lowest BCUT2D eigenvalue weighted by Crippen LogP contribution is -2.21. The Balaban J connectivity index is 1.54. The fraction of sp³-hybridized carbons (Fsp3) is 0.0345. The predicted molar refractivity (Wildman–Crippen MR) is 154 cm³/mol. The second kappa shape index (κ2) is 11.1. The number of non-ortho nitro benzene ring substituents is 1. The average Bonchev–Trinajstić information content (AvgIpc) is 3.25. The maximum Gasteiger partial charge on any atom is 0.281 e. The lowest BCUT2D eigenvalue weighted by atomic mass is 10.00. The summed E-state index contributed by atoms with van der Waals surface area (Å²) in [5.41, 5.74) is 3.90. The molecule has 1 aliphatic rings. The van der Waals surface area contributed by atoms with Crippen molar-refractivity contribution in [2.45, 2.75) is 6.61 Å². The molecule has 1 amide bonds. The van der Waals surface area contributed by atoms with E-state index in [1.165, 1.54) is 17.1 Å². The summed E-state index contributed by atoms with van der Waals surface area (Å²) in [5.74, 6) is 0.268. The third-order valence-electron chi connectivity index (χ3n) is 5.79. The highest BCUT2D eigenvalue weighted by Crippen LogP contribution is 2.37. The van der Waals surface area contributed by atoms with Crippen LogP contribution in [0.5, 0.6) is 5.75 Å². The first-order valence-electron chi connectivity index (χ1n) is 11.5. The zero-order valence-electron chi connectivity index (χ0n) is 19.8. The SMILES string of the molecule is O=C1/C(=C\c2cc(Br)cc(Br)c2OCc2ccc([N+](=O)[O-])cc2)C(c2ccccc2)=NN1c1ccccc1. The second-order valence-electron chi connectivity index (χ2n) is 8.34. The fourth-order valence-corrected chi connectivity index (χ4v) is 5.34. The monoisotopic (exact) mass is 631 g/mol. The minimum Gasteiger partial charge on any atom is -0.487 e. The Hall–Kier alpha value is -4.08. The molecule has 0 saturated carbocycles. The number of carbonyl (C=O) groups excluding carboxylic acids is 1. The van der Waals surface area contributed by atoms with Gasteiger partial charge in [-0.3, -0.25) is 14.9 Å². The minimum atomic E-state index is -0.441. The molecule has 188 valence electrons. The zero-order valence-corrected chi connectivity index (χ0v) is 22.9. The second-order valence-corrected chi connectivity index (χ2v) is 10.1. The van der Waals surface area contributed by atoms with Gasteiger partial charge >= 0.3 is 0 Å². The van der Waals surface area contributed by atoms with Gasteiger partial charge in [-0.25, -0.2) is 0 Å². The highest BCUT2D eigenvalue weighted by atomic mass is 79.9. The van der Waals surface area contributed by atoms with Gasteiger partial charge in [-0.1, -0.05) is 64.5 Å². The number of nitro groups is 1. The van der Waals surface area contributed by atoms with E-state index in [1.54, 1.807) is 18.2 Å². The van der Waals surface area contributed by atoms with Crippen molar-refractivity contribution in [3.05, 3.63) is 138 Å². The van der Waals surface area contributed by atoms with Gasteiger partial charge in [-0.15, -0.1) is 0 Å².